The molecule has 0 bridgehead atoms. The number of ether oxygens (including phenoxy) is 2. The van der Waals surface area contributed by atoms with Gasteiger partial charge in [0.05, 0.1) is 6.61 Å². The number of unbranched alkanes of at least 4 members (excludes halogenated alkanes) is 20. The number of rotatable bonds is 32. The molecule has 4 heteroatoms. The molecule has 0 rings (SSSR count). The summed E-state index contributed by atoms with van der Waals surface area (Å²) in [6.45, 7) is 8.44. The Labute approximate surface area is 261 Å². The average molecular weight is 749 g/mol. The van der Waals surface area contributed by atoms with Crippen LogP contribution in [0.3, 0.4) is 0 Å². The molecular weight excluding hydrogens is 682 g/mol. The van der Waals surface area contributed by atoms with E-state index in [1.165, 1.54) is 163 Å². The van der Waals surface area contributed by atoms with Gasteiger partial charge in [-0.05, 0) is 25.7 Å². The summed E-state index contributed by atoms with van der Waals surface area (Å²) >= 11 is 5.20. The molecule has 0 spiro atoms. The van der Waals surface area contributed by atoms with Gasteiger partial charge in [-0.2, -0.15) is 0 Å². The van der Waals surface area contributed by atoms with Gasteiger partial charge in [-0.3, -0.25) is 0 Å². The summed E-state index contributed by atoms with van der Waals surface area (Å²) in [6, 6.07) is 0. The van der Waals surface area contributed by atoms with Gasteiger partial charge < -0.3 is 9.47 Å². The Hall–Kier alpha value is 1.38. The molecule has 0 aromatic rings. The van der Waals surface area contributed by atoms with Crippen molar-refractivity contribution in [2.24, 2.45) is 5.41 Å². The summed E-state index contributed by atoms with van der Waals surface area (Å²) in [5, 5.41) is 0. The Morgan fingerprint density at radius 3 is 1.11 bits per heavy atom. The van der Waals surface area contributed by atoms with Crippen LogP contribution in [0.2, 0.25) is 0 Å². The molecule has 0 N–H and O–H groups in total. The minimum Gasteiger partial charge on any atom is -0.381 e. The van der Waals surface area contributed by atoms with Crippen LogP contribution >= 0.6 is 45.2 Å². The maximum atomic E-state index is 6.22. The lowest BCUT2D eigenvalue weighted by Gasteiger charge is -2.30. The zero-order chi connectivity index (χ0) is 27.1. The monoisotopic (exact) mass is 748 g/mol. The number of hydrogen-bond donors (Lipinski definition) is 0. The SMILES string of the molecule is CCCCCCCCCCCCCCOCC(CI)(CI)CCCCCCCCOCCCCCCC. The summed E-state index contributed by atoms with van der Waals surface area (Å²) < 4.78 is 14.5. The van der Waals surface area contributed by atoms with Crippen molar-refractivity contribution >= 4 is 45.2 Å². The highest BCUT2D eigenvalue weighted by molar-refractivity contribution is 14.1. The van der Waals surface area contributed by atoms with Gasteiger partial charge in [-0.1, -0.05) is 187 Å². The lowest BCUT2D eigenvalue weighted by atomic mass is 9.87. The molecule has 0 saturated heterocycles. The third-order valence-electron chi connectivity index (χ3n) is 7.76. The quantitative estimate of drug-likeness (QED) is 0.0387. The Balaban J connectivity index is 3.54. The van der Waals surface area contributed by atoms with Crippen molar-refractivity contribution in [2.45, 2.75) is 168 Å². The molecular formula is C33H66I2O2. The van der Waals surface area contributed by atoms with Crippen molar-refractivity contribution in [1.82, 2.24) is 0 Å². The minimum absolute atomic E-state index is 0.392. The molecule has 0 aliphatic heterocycles. The van der Waals surface area contributed by atoms with E-state index in [9.17, 15) is 0 Å². The third kappa shape index (κ3) is 27.3. The van der Waals surface area contributed by atoms with Crippen LogP contribution in [0, 0.1) is 5.41 Å². The van der Waals surface area contributed by atoms with Crippen LogP contribution in [0.25, 0.3) is 0 Å². The van der Waals surface area contributed by atoms with Crippen molar-refractivity contribution < 1.29 is 9.47 Å². The van der Waals surface area contributed by atoms with Gasteiger partial charge in [0.15, 0.2) is 0 Å². The molecule has 0 unspecified atom stereocenters. The van der Waals surface area contributed by atoms with Crippen LogP contribution in [0.1, 0.15) is 168 Å². The highest BCUT2D eigenvalue weighted by Crippen LogP contribution is 2.31. The second-order valence-electron chi connectivity index (χ2n) is 11.6. The highest BCUT2D eigenvalue weighted by atomic mass is 127. The fraction of sp³-hybridized carbons (Fsp3) is 1.00. The molecule has 0 aliphatic carbocycles. The second kappa shape index (κ2) is 31.9. The average Bonchev–Trinajstić information content (AvgIpc) is 2.92. The first-order chi connectivity index (χ1) is 18.2. The van der Waals surface area contributed by atoms with E-state index in [0.29, 0.717) is 5.41 Å². The first kappa shape index (κ1) is 38.4. The molecule has 0 atom stereocenters. The molecule has 0 fully saturated rings. The van der Waals surface area contributed by atoms with Crippen molar-refractivity contribution in [3.05, 3.63) is 0 Å². The van der Waals surface area contributed by atoms with E-state index in [1.54, 1.807) is 0 Å². The third-order valence-corrected chi connectivity index (χ3v) is 11.0. The van der Waals surface area contributed by atoms with Gasteiger partial charge in [0, 0.05) is 34.1 Å². The van der Waals surface area contributed by atoms with E-state index in [2.05, 4.69) is 59.0 Å². The maximum Gasteiger partial charge on any atom is 0.0537 e. The van der Waals surface area contributed by atoms with Gasteiger partial charge in [0.25, 0.3) is 0 Å². The predicted octanol–water partition coefficient (Wildman–Crippen LogP) is 12.3. The Morgan fingerprint density at radius 1 is 0.405 bits per heavy atom. The normalized spacial score (nSPS) is 12.0. The molecule has 37 heavy (non-hydrogen) atoms. The van der Waals surface area contributed by atoms with Crippen LogP contribution < -0.4 is 0 Å². The molecule has 0 aromatic heterocycles. The van der Waals surface area contributed by atoms with E-state index in [0.717, 1.165) is 26.4 Å². The van der Waals surface area contributed by atoms with Crippen LogP contribution in [-0.4, -0.2) is 35.3 Å². The lowest BCUT2D eigenvalue weighted by molar-refractivity contribution is 0.0616. The molecule has 2 nitrogen and oxygen atoms in total. The first-order valence-corrected chi connectivity index (χ1v) is 19.6. The topological polar surface area (TPSA) is 18.5 Å². The first-order valence-electron chi connectivity index (χ1n) is 16.5. The van der Waals surface area contributed by atoms with E-state index in [4.69, 9.17) is 9.47 Å². The highest BCUT2D eigenvalue weighted by Gasteiger charge is 2.27. The van der Waals surface area contributed by atoms with Crippen molar-refractivity contribution in [3.63, 3.8) is 0 Å². The number of halogens is 2. The molecule has 224 valence electrons. The Bertz CT molecular complexity index is 381. The molecule has 0 amide bonds. The standard InChI is InChI=1S/C33H66I2O2/c1-3-5-7-9-10-11-12-13-14-16-21-25-29-37-32-33(30-34,31-35)26-22-18-15-17-20-24-28-36-27-23-19-8-6-4-2/h3-32H2,1-2H3. The summed E-state index contributed by atoms with van der Waals surface area (Å²) in [5.41, 5.74) is 0.392. The van der Waals surface area contributed by atoms with E-state index in [-0.39, 0.29) is 0 Å². The molecule has 0 heterocycles. The molecule has 0 aromatic carbocycles. The number of alkyl halides is 2. The zero-order valence-corrected chi connectivity index (χ0v) is 29.6. The summed E-state index contributed by atoms with van der Waals surface area (Å²) in [4.78, 5) is 0. The van der Waals surface area contributed by atoms with Crippen LogP contribution in [0.5, 0.6) is 0 Å². The van der Waals surface area contributed by atoms with E-state index in [1.807, 2.05) is 0 Å². The van der Waals surface area contributed by atoms with Gasteiger partial charge in [0.2, 0.25) is 0 Å². The largest absolute Gasteiger partial charge is 0.381 e. The summed E-state index contributed by atoms with van der Waals surface area (Å²) in [6.07, 6.45) is 33.0. The maximum absolute atomic E-state index is 6.22. The smallest absolute Gasteiger partial charge is 0.0537 e. The van der Waals surface area contributed by atoms with Gasteiger partial charge in [0.1, 0.15) is 0 Å². The summed E-state index contributed by atoms with van der Waals surface area (Å²) in [5.74, 6) is 0. The Kier molecular flexibility index (Phi) is 33.1. The molecule has 0 saturated carbocycles. The van der Waals surface area contributed by atoms with Gasteiger partial charge in [-0.15, -0.1) is 0 Å². The lowest BCUT2D eigenvalue weighted by Crippen LogP contribution is -2.31. The van der Waals surface area contributed by atoms with Gasteiger partial charge in [-0.25, -0.2) is 0 Å². The predicted molar refractivity (Wildman–Crippen MR) is 184 cm³/mol. The summed E-state index contributed by atoms with van der Waals surface area (Å²) in [7, 11) is 0. The van der Waals surface area contributed by atoms with Crippen LogP contribution in [0.15, 0.2) is 0 Å². The Morgan fingerprint density at radius 2 is 0.730 bits per heavy atom. The fourth-order valence-electron chi connectivity index (χ4n) is 4.97. The minimum atomic E-state index is 0.392. The fourth-order valence-corrected chi connectivity index (χ4v) is 7.75. The van der Waals surface area contributed by atoms with Crippen molar-refractivity contribution in [1.29, 1.82) is 0 Å². The van der Waals surface area contributed by atoms with E-state index < -0.39 is 0 Å². The van der Waals surface area contributed by atoms with Crippen molar-refractivity contribution in [2.75, 3.05) is 35.3 Å². The number of hydrogen-bond acceptors (Lipinski definition) is 2. The molecule has 0 aliphatic rings. The van der Waals surface area contributed by atoms with Crippen molar-refractivity contribution in [3.8, 4) is 0 Å². The molecule has 0 radical (unpaired) electrons. The van der Waals surface area contributed by atoms with E-state index >= 15 is 0 Å². The van der Waals surface area contributed by atoms with Gasteiger partial charge >= 0.3 is 0 Å². The van der Waals surface area contributed by atoms with Crippen LogP contribution in [-0.2, 0) is 9.47 Å². The second-order valence-corrected chi connectivity index (χ2v) is 13.1. The van der Waals surface area contributed by atoms with Crippen LogP contribution in [0.4, 0.5) is 0 Å². The zero-order valence-electron chi connectivity index (χ0n) is 25.3.